The summed E-state index contributed by atoms with van der Waals surface area (Å²) >= 11 is 0. The van der Waals surface area contributed by atoms with Crippen LogP contribution in [0.1, 0.15) is 32.0 Å². The molecule has 5 nitrogen and oxygen atoms in total. The number of aromatic nitrogens is 2. The zero-order valence-corrected chi connectivity index (χ0v) is 10.5. The van der Waals surface area contributed by atoms with Crippen molar-refractivity contribution in [2.24, 2.45) is 5.73 Å². The van der Waals surface area contributed by atoms with Crippen LogP contribution in [0.25, 0.3) is 0 Å². The fourth-order valence-corrected chi connectivity index (χ4v) is 1.73. The normalized spacial score (nSPS) is 16.6. The molecule has 1 heterocycles. The molecule has 0 bridgehead atoms. The summed E-state index contributed by atoms with van der Waals surface area (Å²) in [5.74, 6) is 2.59. The first kappa shape index (κ1) is 12.1. The molecule has 0 saturated heterocycles. The van der Waals surface area contributed by atoms with Gasteiger partial charge in [-0.2, -0.15) is 0 Å². The molecule has 0 aliphatic heterocycles. The largest absolute Gasteiger partial charge is 0.367 e. The van der Waals surface area contributed by atoms with Gasteiger partial charge in [0.25, 0.3) is 0 Å². The van der Waals surface area contributed by atoms with Gasteiger partial charge >= 0.3 is 0 Å². The van der Waals surface area contributed by atoms with Crippen molar-refractivity contribution in [1.29, 1.82) is 0 Å². The molecule has 1 aromatic rings. The molecule has 0 radical (unpaired) electrons. The van der Waals surface area contributed by atoms with Crippen molar-refractivity contribution in [3.05, 3.63) is 11.9 Å². The molecule has 1 atom stereocenters. The predicted molar refractivity (Wildman–Crippen MR) is 70.2 cm³/mol. The summed E-state index contributed by atoms with van der Waals surface area (Å²) in [6, 6.07) is 2.92. The van der Waals surface area contributed by atoms with Gasteiger partial charge in [-0.05, 0) is 39.7 Å². The summed E-state index contributed by atoms with van der Waals surface area (Å²) in [4.78, 5) is 8.76. The highest BCUT2D eigenvalue weighted by molar-refractivity contribution is 5.49. The molecule has 4 N–H and O–H groups in total. The zero-order valence-electron chi connectivity index (χ0n) is 10.5. The number of hydrogen-bond acceptors (Lipinski definition) is 5. The van der Waals surface area contributed by atoms with Crippen molar-refractivity contribution >= 4 is 11.6 Å². The van der Waals surface area contributed by atoms with Gasteiger partial charge in [0, 0.05) is 18.2 Å². The lowest BCUT2D eigenvalue weighted by Gasteiger charge is -2.14. The molecular weight excluding hydrogens is 214 g/mol. The van der Waals surface area contributed by atoms with Crippen molar-refractivity contribution in [3.63, 3.8) is 0 Å². The Morgan fingerprint density at radius 1 is 1.41 bits per heavy atom. The number of nitrogens with two attached hydrogens (primary N) is 1. The van der Waals surface area contributed by atoms with E-state index in [1.54, 1.807) is 0 Å². The van der Waals surface area contributed by atoms with E-state index in [2.05, 4.69) is 27.5 Å². The number of hydrogen-bond donors (Lipinski definition) is 3. The standard InChI is InChI=1S/C12H21N5/c1-8(5-6-13)14-11-7-12(16-9(2)15-11)17-10-3-4-10/h7-8,10H,3-6,13H2,1-2H3,(H2,14,15,16,17). The minimum Gasteiger partial charge on any atom is -0.367 e. The van der Waals surface area contributed by atoms with Crippen LogP contribution in [0.15, 0.2) is 6.07 Å². The smallest absolute Gasteiger partial charge is 0.132 e. The molecule has 1 aliphatic carbocycles. The van der Waals surface area contributed by atoms with Crippen LogP contribution in [-0.2, 0) is 0 Å². The summed E-state index contributed by atoms with van der Waals surface area (Å²) in [6.45, 7) is 4.71. The number of nitrogens with zero attached hydrogens (tertiary/aromatic N) is 2. The first-order valence-corrected chi connectivity index (χ1v) is 6.26. The van der Waals surface area contributed by atoms with Gasteiger partial charge in [-0.15, -0.1) is 0 Å². The molecule has 0 aromatic carbocycles. The van der Waals surface area contributed by atoms with Crippen molar-refractivity contribution < 1.29 is 0 Å². The molecule has 1 fully saturated rings. The van der Waals surface area contributed by atoms with E-state index in [0.717, 1.165) is 23.9 Å². The van der Waals surface area contributed by atoms with Gasteiger partial charge in [0.15, 0.2) is 0 Å². The fourth-order valence-electron chi connectivity index (χ4n) is 1.73. The first-order valence-electron chi connectivity index (χ1n) is 6.26. The number of nitrogens with one attached hydrogen (secondary N) is 2. The van der Waals surface area contributed by atoms with E-state index in [-0.39, 0.29) is 0 Å². The average Bonchev–Trinajstić information content (AvgIpc) is 3.00. The van der Waals surface area contributed by atoms with Crippen LogP contribution in [0.2, 0.25) is 0 Å². The van der Waals surface area contributed by atoms with Crippen molar-refractivity contribution in [2.45, 2.75) is 45.2 Å². The minimum atomic E-state index is 0.336. The van der Waals surface area contributed by atoms with Crippen LogP contribution in [-0.4, -0.2) is 28.6 Å². The maximum Gasteiger partial charge on any atom is 0.132 e. The second kappa shape index (κ2) is 5.31. The topological polar surface area (TPSA) is 75.9 Å². The Kier molecular flexibility index (Phi) is 3.78. The molecule has 1 aliphatic rings. The van der Waals surface area contributed by atoms with E-state index in [1.165, 1.54) is 12.8 Å². The highest BCUT2D eigenvalue weighted by Gasteiger charge is 2.21. The van der Waals surface area contributed by atoms with E-state index in [0.29, 0.717) is 18.6 Å². The Labute approximate surface area is 102 Å². The van der Waals surface area contributed by atoms with E-state index in [1.807, 2.05) is 13.0 Å². The maximum absolute atomic E-state index is 5.53. The monoisotopic (exact) mass is 235 g/mol. The Morgan fingerprint density at radius 2 is 2.12 bits per heavy atom. The molecule has 5 heteroatoms. The van der Waals surface area contributed by atoms with Crippen LogP contribution in [0, 0.1) is 6.92 Å². The zero-order chi connectivity index (χ0) is 12.3. The van der Waals surface area contributed by atoms with Gasteiger partial charge in [0.05, 0.1) is 0 Å². The van der Waals surface area contributed by atoms with Crippen molar-refractivity contribution in [1.82, 2.24) is 9.97 Å². The van der Waals surface area contributed by atoms with Gasteiger partial charge < -0.3 is 16.4 Å². The van der Waals surface area contributed by atoms with E-state index in [9.17, 15) is 0 Å². The molecule has 17 heavy (non-hydrogen) atoms. The number of aryl methyl sites for hydroxylation is 1. The molecule has 1 aromatic heterocycles. The third kappa shape index (κ3) is 3.85. The highest BCUT2D eigenvalue weighted by Crippen LogP contribution is 2.24. The van der Waals surface area contributed by atoms with Crippen LogP contribution in [0.4, 0.5) is 11.6 Å². The van der Waals surface area contributed by atoms with E-state index in [4.69, 9.17) is 5.73 Å². The van der Waals surface area contributed by atoms with Crippen molar-refractivity contribution in [2.75, 3.05) is 17.2 Å². The molecule has 1 unspecified atom stereocenters. The minimum absolute atomic E-state index is 0.336. The molecule has 94 valence electrons. The fraction of sp³-hybridized carbons (Fsp3) is 0.667. The summed E-state index contributed by atoms with van der Waals surface area (Å²) < 4.78 is 0. The van der Waals surface area contributed by atoms with Gasteiger partial charge in [-0.3, -0.25) is 0 Å². The second-order valence-electron chi connectivity index (χ2n) is 4.73. The SMILES string of the molecule is Cc1nc(NC(C)CCN)cc(NC2CC2)n1. The van der Waals surface area contributed by atoms with Gasteiger partial charge in [0.2, 0.25) is 0 Å². The van der Waals surface area contributed by atoms with Gasteiger partial charge in [-0.1, -0.05) is 0 Å². The summed E-state index contributed by atoms with van der Waals surface area (Å²) in [5.41, 5.74) is 5.53. The van der Waals surface area contributed by atoms with Crippen LogP contribution in [0.3, 0.4) is 0 Å². The average molecular weight is 235 g/mol. The Bertz CT molecular complexity index is 375. The Balaban J connectivity index is 2.02. The summed E-state index contributed by atoms with van der Waals surface area (Å²) in [5, 5.41) is 6.73. The van der Waals surface area contributed by atoms with Gasteiger partial charge in [-0.25, -0.2) is 9.97 Å². The lowest BCUT2D eigenvalue weighted by atomic mass is 10.2. The van der Waals surface area contributed by atoms with E-state index >= 15 is 0 Å². The van der Waals surface area contributed by atoms with Crippen LogP contribution in [0.5, 0.6) is 0 Å². The predicted octanol–water partition coefficient (Wildman–Crippen LogP) is 1.51. The summed E-state index contributed by atoms with van der Waals surface area (Å²) in [6.07, 6.45) is 3.43. The number of anilines is 2. The Hall–Kier alpha value is -1.36. The molecule has 1 saturated carbocycles. The lowest BCUT2D eigenvalue weighted by molar-refractivity contribution is 0.712. The highest BCUT2D eigenvalue weighted by atomic mass is 15.1. The molecule has 0 spiro atoms. The Morgan fingerprint density at radius 3 is 2.76 bits per heavy atom. The van der Waals surface area contributed by atoms with E-state index < -0.39 is 0 Å². The molecular formula is C12H21N5. The number of rotatable bonds is 6. The quantitative estimate of drug-likeness (QED) is 0.697. The third-order valence-electron chi connectivity index (χ3n) is 2.76. The molecule has 0 amide bonds. The maximum atomic E-state index is 5.53. The lowest BCUT2D eigenvalue weighted by Crippen LogP contribution is -2.20. The first-order chi connectivity index (χ1) is 8.17. The van der Waals surface area contributed by atoms with Crippen molar-refractivity contribution in [3.8, 4) is 0 Å². The molecule has 2 rings (SSSR count). The van der Waals surface area contributed by atoms with Crippen LogP contribution >= 0.6 is 0 Å². The second-order valence-corrected chi connectivity index (χ2v) is 4.73. The van der Waals surface area contributed by atoms with Crippen LogP contribution < -0.4 is 16.4 Å². The third-order valence-corrected chi connectivity index (χ3v) is 2.76. The van der Waals surface area contributed by atoms with Gasteiger partial charge in [0.1, 0.15) is 17.5 Å². The summed E-state index contributed by atoms with van der Waals surface area (Å²) in [7, 11) is 0.